The first-order valence-corrected chi connectivity index (χ1v) is 10.6. The van der Waals surface area contributed by atoms with Crippen LogP contribution in [0.3, 0.4) is 0 Å². The molecule has 1 aromatic carbocycles. The first-order chi connectivity index (χ1) is 13.0. The molecule has 1 aliphatic rings. The molecule has 1 aromatic heterocycles. The van der Waals surface area contributed by atoms with E-state index in [4.69, 9.17) is 4.74 Å². The molecule has 1 atom stereocenters. The molecule has 1 N–H and O–H groups in total. The van der Waals surface area contributed by atoms with Gasteiger partial charge in [-0.2, -0.15) is 0 Å². The van der Waals surface area contributed by atoms with Gasteiger partial charge in [-0.05, 0) is 62.1 Å². The average Bonchev–Trinajstić information content (AvgIpc) is 3.06. The van der Waals surface area contributed by atoms with E-state index in [0.29, 0.717) is 6.04 Å². The third kappa shape index (κ3) is 4.91. The number of methoxy groups -OCH3 is 1. The van der Waals surface area contributed by atoms with E-state index in [9.17, 15) is 5.11 Å². The van der Waals surface area contributed by atoms with Crippen LogP contribution in [0.15, 0.2) is 24.3 Å². The van der Waals surface area contributed by atoms with E-state index in [-0.39, 0.29) is 6.61 Å². The van der Waals surface area contributed by atoms with Crippen molar-refractivity contribution in [3.63, 3.8) is 0 Å². The number of benzene rings is 1. The predicted octanol–water partition coefficient (Wildman–Crippen LogP) is 3.75. The summed E-state index contributed by atoms with van der Waals surface area (Å²) in [7, 11) is 1.73. The minimum absolute atomic E-state index is 0.244. The van der Waals surface area contributed by atoms with Crippen molar-refractivity contribution >= 4 is 11.3 Å². The fraction of sp³-hybridized carbons (Fsp3) is 0.545. The first-order valence-electron chi connectivity index (χ1n) is 9.77. The number of thiophene rings is 1. The molecule has 0 saturated carbocycles. The number of nitrogens with zero attached hydrogens (tertiary/aromatic N) is 2. The van der Waals surface area contributed by atoms with Crippen LogP contribution in [0.2, 0.25) is 0 Å². The number of hydrogen-bond donors (Lipinski definition) is 1. The van der Waals surface area contributed by atoms with Crippen LogP contribution >= 0.6 is 11.3 Å². The monoisotopic (exact) mass is 388 g/mol. The maximum Gasteiger partial charge on any atom is 0.122 e. The number of rotatable bonds is 7. The Kier molecular flexibility index (Phi) is 6.93. The van der Waals surface area contributed by atoms with Gasteiger partial charge in [-0.15, -0.1) is 11.3 Å². The van der Waals surface area contributed by atoms with E-state index >= 15 is 0 Å². The van der Waals surface area contributed by atoms with E-state index < -0.39 is 0 Å². The molecule has 0 unspecified atom stereocenters. The van der Waals surface area contributed by atoms with Crippen molar-refractivity contribution in [3.8, 4) is 5.75 Å². The number of ether oxygens (including phenoxy) is 1. The van der Waals surface area contributed by atoms with Crippen LogP contribution in [-0.4, -0.2) is 54.3 Å². The highest BCUT2D eigenvalue weighted by Crippen LogP contribution is 2.27. The van der Waals surface area contributed by atoms with Gasteiger partial charge >= 0.3 is 0 Å². The standard InChI is InChI=1S/C22H32N2O2S/c1-16-5-7-21(27-16)15-23-10-11-24(20(14-23)9-12-25)13-19-6-8-22(26-4)18(3)17(19)2/h5-8,20,25H,9-15H2,1-4H3/t20-/m1/s1. The lowest BCUT2D eigenvalue weighted by Crippen LogP contribution is -2.52. The van der Waals surface area contributed by atoms with Crippen LogP contribution in [0.4, 0.5) is 0 Å². The summed E-state index contributed by atoms with van der Waals surface area (Å²) in [6.07, 6.45) is 0.828. The van der Waals surface area contributed by atoms with Gasteiger partial charge in [-0.25, -0.2) is 0 Å². The average molecular weight is 389 g/mol. The van der Waals surface area contributed by atoms with Gasteiger partial charge in [-0.1, -0.05) is 6.07 Å². The Morgan fingerprint density at radius 3 is 2.56 bits per heavy atom. The van der Waals surface area contributed by atoms with E-state index in [0.717, 1.165) is 44.9 Å². The molecule has 3 rings (SSSR count). The van der Waals surface area contributed by atoms with Crippen LogP contribution in [-0.2, 0) is 13.1 Å². The molecule has 0 spiro atoms. The zero-order valence-electron chi connectivity index (χ0n) is 17.0. The van der Waals surface area contributed by atoms with Crippen molar-refractivity contribution in [2.75, 3.05) is 33.4 Å². The number of aliphatic hydroxyl groups excluding tert-OH is 1. The Morgan fingerprint density at radius 2 is 1.89 bits per heavy atom. The lowest BCUT2D eigenvalue weighted by atomic mass is 10.00. The first kappa shape index (κ1) is 20.3. The Hall–Kier alpha value is -1.40. The van der Waals surface area contributed by atoms with Crippen LogP contribution in [0.5, 0.6) is 5.75 Å². The van der Waals surface area contributed by atoms with E-state index in [1.54, 1.807) is 7.11 Å². The Balaban J connectivity index is 1.68. The lowest BCUT2D eigenvalue weighted by Gasteiger charge is -2.41. The highest BCUT2D eigenvalue weighted by atomic mass is 32.1. The van der Waals surface area contributed by atoms with E-state index in [2.05, 4.69) is 54.8 Å². The summed E-state index contributed by atoms with van der Waals surface area (Å²) < 4.78 is 5.45. The molecule has 0 aliphatic carbocycles. The fourth-order valence-electron chi connectivity index (χ4n) is 3.99. The zero-order valence-corrected chi connectivity index (χ0v) is 17.8. The SMILES string of the molecule is COc1ccc(CN2CCN(Cc3ccc(C)s3)C[C@H]2CCO)c(C)c1C. The van der Waals surface area contributed by atoms with Gasteiger partial charge in [-0.3, -0.25) is 9.80 Å². The summed E-state index contributed by atoms with van der Waals surface area (Å²) in [4.78, 5) is 7.89. The molecule has 2 heterocycles. The topological polar surface area (TPSA) is 35.9 Å². The minimum atomic E-state index is 0.244. The maximum absolute atomic E-state index is 9.59. The second-order valence-electron chi connectivity index (χ2n) is 7.56. The van der Waals surface area contributed by atoms with Gasteiger partial charge in [0.1, 0.15) is 5.75 Å². The summed E-state index contributed by atoms with van der Waals surface area (Å²) in [6.45, 7) is 11.8. The van der Waals surface area contributed by atoms with Gasteiger partial charge in [0.2, 0.25) is 0 Å². The predicted molar refractivity (Wildman–Crippen MR) is 113 cm³/mol. The normalized spacial score (nSPS) is 18.8. The lowest BCUT2D eigenvalue weighted by molar-refractivity contribution is 0.0503. The van der Waals surface area contributed by atoms with E-state index in [1.807, 2.05) is 11.3 Å². The molecule has 5 heteroatoms. The second-order valence-corrected chi connectivity index (χ2v) is 8.93. The molecule has 1 saturated heterocycles. The molecular weight excluding hydrogens is 356 g/mol. The number of piperazine rings is 1. The number of aryl methyl sites for hydroxylation is 1. The summed E-state index contributed by atoms with van der Waals surface area (Å²) in [6, 6.07) is 9.12. The van der Waals surface area contributed by atoms with Crippen molar-refractivity contribution in [1.82, 2.24) is 9.80 Å². The molecule has 4 nitrogen and oxygen atoms in total. The van der Waals surface area contributed by atoms with Gasteiger partial charge in [0.15, 0.2) is 0 Å². The van der Waals surface area contributed by atoms with Crippen molar-refractivity contribution in [1.29, 1.82) is 0 Å². The summed E-state index contributed by atoms with van der Waals surface area (Å²) in [5.74, 6) is 0.958. The fourth-order valence-corrected chi connectivity index (χ4v) is 4.92. The summed E-state index contributed by atoms with van der Waals surface area (Å²) >= 11 is 1.89. The maximum atomic E-state index is 9.59. The van der Waals surface area contributed by atoms with Crippen LogP contribution in [0, 0.1) is 20.8 Å². The minimum Gasteiger partial charge on any atom is -0.496 e. The van der Waals surface area contributed by atoms with Crippen LogP contribution in [0.1, 0.15) is 32.9 Å². The Labute approximate surface area is 167 Å². The molecule has 0 radical (unpaired) electrons. The third-order valence-corrected chi connectivity index (χ3v) is 6.76. The van der Waals surface area contributed by atoms with Gasteiger partial charge in [0.25, 0.3) is 0 Å². The number of aliphatic hydroxyl groups is 1. The van der Waals surface area contributed by atoms with Crippen molar-refractivity contribution in [2.24, 2.45) is 0 Å². The third-order valence-electron chi connectivity index (χ3n) is 5.77. The second kappa shape index (κ2) is 9.20. The molecule has 27 heavy (non-hydrogen) atoms. The molecular formula is C22H32N2O2S. The largest absolute Gasteiger partial charge is 0.496 e. The molecule has 1 aliphatic heterocycles. The molecule has 148 valence electrons. The molecule has 0 bridgehead atoms. The quantitative estimate of drug-likeness (QED) is 0.784. The van der Waals surface area contributed by atoms with Crippen molar-refractivity contribution in [2.45, 2.75) is 46.3 Å². The molecule has 0 amide bonds. The van der Waals surface area contributed by atoms with Crippen molar-refractivity contribution in [3.05, 3.63) is 50.7 Å². The molecule has 1 fully saturated rings. The van der Waals surface area contributed by atoms with Gasteiger partial charge < -0.3 is 9.84 Å². The Bertz CT molecular complexity index is 759. The zero-order chi connectivity index (χ0) is 19.4. The summed E-state index contributed by atoms with van der Waals surface area (Å²) in [5.41, 5.74) is 3.90. The van der Waals surface area contributed by atoms with Gasteiger partial charge in [0.05, 0.1) is 7.11 Å². The smallest absolute Gasteiger partial charge is 0.122 e. The van der Waals surface area contributed by atoms with Crippen LogP contribution in [0.25, 0.3) is 0 Å². The Morgan fingerprint density at radius 1 is 1.07 bits per heavy atom. The van der Waals surface area contributed by atoms with Gasteiger partial charge in [0, 0.05) is 55.1 Å². The summed E-state index contributed by atoms with van der Waals surface area (Å²) in [5, 5.41) is 9.59. The molecule has 2 aromatic rings. The van der Waals surface area contributed by atoms with Crippen LogP contribution < -0.4 is 4.74 Å². The highest BCUT2D eigenvalue weighted by molar-refractivity contribution is 7.11. The van der Waals surface area contributed by atoms with E-state index in [1.165, 1.54) is 26.4 Å². The van der Waals surface area contributed by atoms with Crippen molar-refractivity contribution < 1.29 is 9.84 Å². The highest BCUT2D eigenvalue weighted by Gasteiger charge is 2.27. The number of hydrogen-bond acceptors (Lipinski definition) is 5.